The van der Waals surface area contributed by atoms with E-state index in [4.69, 9.17) is 14.5 Å². The standard InChI is InChI=1S/C38H35N5O5S2/c1-5-19-48-28-17-16-25(20-29(28)47-6-2)32-30(33(44)31-23(4)42-18-10-11-22(3)35(42)39-31)34(45)36(46)43(32)37-40-41-38(50-37)49-21-26-14-9-13-24-12-7-8-15-27(24)26/h7-18,20,32,44H,5-6,19,21H2,1-4H3. The monoisotopic (exact) mass is 705 g/mol. The molecule has 3 aromatic heterocycles. The molecule has 10 nitrogen and oxygen atoms in total. The molecule has 1 aliphatic rings. The molecule has 0 radical (unpaired) electrons. The number of carbonyl (C=O) groups is 2. The first-order valence-electron chi connectivity index (χ1n) is 16.4. The number of aromatic nitrogens is 4. The molecule has 1 N–H and O–H groups in total. The highest BCUT2D eigenvalue weighted by atomic mass is 32.2. The van der Waals surface area contributed by atoms with Crippen LogP contribution in [0.15, 0.2) is 88.9 Å². The predicted molar refractivity (Wildman–Crippen MR) is 196 cm³/mol. The number of hydrogen-bond donors (Lipinski definition) is 1. The van der Waals surface area contributed by atoms with Crippen molar-refractivity contribution >= 4 is 62.1 Å². The van der Waals surface area contributed by atoms with E-state index >= 15 is 0 Å². The minimum Gasteiger partial charge on any atom is -0.505 e. The summed E-state index contributed by atoms with van der Waals surface area (Å²) in [6, 6.07) is 22.5. The van der Waals surface area contributed by atoms with E-state index in [1.165, 1.54) is 28.0 Å². The normalized spacial score (nSPS) is 15.8. The van der Waals surface area contributed by atoms with Crippen LogP contribution in [0, 0.1) is 13.8 Å². The van der Waals surface area contributed by atoms with Crippen molar-refractivity contribution in [3.8, 4) is 11.5 Å². The number of aryl methyl sites for hydroxylation is 2. The Balaban J connectivity index is 1.32. The molecule has 50 heavy (non-hydrogen) atoms. The van der Waals surface area contributed by atoms with Gasteiger partial charge in [0.2, 0.25) is 5.13 Å². The molecule has 1 atom stereocenters. The van der Waals surface area contributed by atoms with Crippen LogP contribution in [0.2, 0.25) is 0 Å². The zero-order valence-electron chi connectivity index (χ0n) is 28.0. The van der Waals surface area contributed by atoms with Crippen molar-refractivity contribution in [2.45, 2.75) is 50.3 Å². The molecule has 0 aliphatic carbocycles. The largest absolute Gasteiger partial charge is 0.505 e. The van der Waals surface area contributed by atoms with Gasteiger partial charge in [0.15, 0.2) is 21.6 Å². The van der Waals surface area contributed by atoms with E-state index in [0.29, 0.717) is 51.7 Å². The number of fused-ring (bicyclic) bond motifs is 2. The van der Waals surface area contributed by atoms with Gasteiger partial charge in [-0.1, -0.05) is 84.6 Å². The van der Waals surface area contributed by atoms with Gasteiger partial charge in [-0.25, -0.2) is 4.98 Å². The van der Waals surface area contributed by atoms with Crippen LogP contribution in [0.5, 0.6) is 11.5 Å². The third-order valence-corrected chi connectivity index (χ3v) is 10.7. The van der Waals surface area contributed by atoms with E-state index in [-0.39, 0.29) is 22.2 Å². The fourth-order valence-corrected chi connectivity index (χ4v) is 8.10. The van der Waals surface area contributed by atoms with Gasteiger partial charge in [0.05, 0.1) is 30.5 Å². The molecule has 7 rings (SSSR count). The Bertz CT molecular complexity index is 2290. The second kappa shape index (κ2) is 14.0. The molecule has 0 bridgehead atoms. The minimum absolute atomic E-state index is 0.0935. The fraction of sp³-hybridized carbons (Fsp3) is 0.237. The Morgan fingerprint density at radius 2 is 1.78 bits per heavy atom. The van der Waals surface area contributed by atoms with Gasteiger partial charge >= 0.3 is 5.91 Å². The summed E-state index contributed by atoms with van der Waals surface area (Å²) in [5.74, 6) is -0.376. The van der Waals surface area contributed by atoms with Gasteiger partial charge in [0.1, 0.15) is 11.3 Å². The summed E-state index contributed by atoms with van der Waals surface area (Å²) < 4.78 is 14.4. The number of ether oxygens (including phenoxy) is 2. The van der Waals surface area contributed by atoms with Gasteiger partial charge in [-0.3, -0.25) is 14.5 Å². The number of Topliss-reactive ketones (excluding diaryl/α,β-unsaturated/α-hetero) is 1. The van der Waals surface area contributed by atoms with Gasteiger partial charge in [0, 0.05) is 11.9 Å². The summed E-state index contributed by atoms with van der Waals surface area (Å²) >= 11 is 2.73. The highest BCUT2D eigenvalue weighted by Crippen LogP contribution is 2.46. The number of pyridine rings is 1. The second-order valence-electron chi connectivity index (χ2n) is 11.9. The zero-order chi connectivity index (χ0) is 34.9. The molecule has 1 saturated heterocycles. The molecular weight excluding hydrogens is 671 g/mol. The first-order chi connectivity index (χ1) is 24.3. The topological polar surface area (TPSA) is 119 Å². The lowest BCUT2D eigenvalue weighted by Crippen LogP contribution is -2.29. The summed E-state index contributed by atoms with van der Waals surface area (Å²) in [6.07, 6.45) is 2.66. The number of hydrogen-bond acceptors (Lipinski definition) is 10. The Kier molecular flexibility index (Phi) is 9.30. The maximum atomic E-state index is 14.0. The fourth-order valence-electron chi connectivity index (χ4n) is 6.23. The van der Waals surface area contributed by atoms with Crippen LogP contribution < -0.4 is 14.4 Å². The summed E-state index contributed by atoms with van der Waals surface area (Å²) in [7, 11) is 0. The number of aliphatic hydroxyl groups excluding tert-OH is 1. The molecular formula is C38H35N5O5S2. The Labute approximate surface area is 297 Å². The van der Waals surface area contributed by atoms with Crippen LogP contribution >= 0.6 is 23.1 Å². The first-order valence-corrected chi connectivity index (χ1v) is 18.2. The van der Waals surface area contributed by atoms with Gasteiger partial charge in [-0.15, -0.1) is 10.2 Å². The van der Waals surface area contributed by atoms with Crippen LogP contribution in [0.1, 0.15) is 54.4 Å². The van der Waals surface area contributed by atoms with Crippen molar-refractivity contribution in [2.75, 3.05) is 18.1 Å². The SMILES string of the molecule is CCCOc1ccc(C2C(=C(O)c3nc4c(C)cccn4c3C)C(=O)C(=O)N2c2nnc(SCc3cccc4ccccc34)s2)cc1OCC. The number of aliphatic hydroxyl groups is 1. The highest BCUT2D eigenvalue weighted by molar-refractivity contribution is 8.00. The second-order valence-corrected chi connectivity index (χ2v) is 14.0. The number of ketones is 1. The van der Waals surface area contributed by atoms with Crippen molar-refractivity contribution in [3.63, 3.8) is 0 Å². The van der Waals surface area contributed by atoms with E-state index in [0.717, 1.165) is 28.3 Å². The van der Waals surface area contributed by atoms with Gasteiger partial charge in [-0.05, 0) is 72.9 Å². The summed E-state index contributed by atoms with van der Waals surface area (Å²) in [4.78, 5) is 34.0. The average Bonchev–Trinajstić information content (AvgIpc) is 3.81. The third kappa shape index (κ3) is 5.98. The molecule has 12 heteroatoms. The molecule has 1 aliphatic heterocycles. The molecule has 3 aromatic carbocycles. The quantitative estimate of drug-likeness (QED) is 0.0469. The van der Waals surface area contributed by atoms with Crippen LogP contribution in [0.4, 0.5) is 5.13 Å². The predicted octanol–water partition coefficient (Wildman–Crippen LogP) is 8.06. The van der Waals surface area contributed by atoms with Gasteiger partial charge in [0.25, 0.3) is 5.78 Å². The highest BCUT2D eigenvalue weighted by Gasteiger charge is 2.49. The molecule has 6 aromatic rings. The number of thioether (sulfide) groups is 1. The lowest BCUT2D eigenvalue weighted by atomic mass is 9.96. The van der Waals surface area contributed by atoms with Crippen molar-refractivity contribution in [1.29, 1.82) is 0 Å². The molecule has 1 unspecified atom stereocenters. The number of amides is 1. The number of nitrogens with zero attached hydrogens (tertiary/aromatic N) is 5. The minimum atomic E-state index is -1.04. The summed E-state index contributed by atoms with van der Waals surface area (Å²) in [5.41, 5.74) is 3.99. The van der Waals surface area contributed by atoms with E-state index in [2.05, 4.69) is 34.5 Å². The molecule has 0 spiro atoms. The first kappa shape index (κ1) is 33.3. The molecule has 254 valence electrons. The lowest BCUT2D eigenvalue weighted by Gasteiger charge is -2.23. The Morgan fingerprint density at radius 3 is 2.58 bits per heavy atom. The Morgan fingerprint density at radius 1 is 0.960 bits per heavy atom. The van der Waals surface area contributed by atoms with Crippen LogP contribution in [-0.2, 0) is 15.3 Å². The number of carbonyl (C=O) groups excluding carboxylic acids is 2. The smallest absolute Gasteiger partial charge is 0.301 e. The van der Waals surface area contributed by atoms with E-state index in [1.54, 1.807) is 18.2 Å². The average molecular weight is 706 g/mol. The third-order valence-electron chi connectivity index (χ3n) is 8.63. The van der Waals surface area contributed by atoms with Crippen molar-refractivity contribution < 1.29 is 24.2 Å². The zero-order valence-corrected chi connectivity index (χ0v) is 29.7. The van der Waals surface area contributed by atoms with E-state index < -0.39 is 17.7 Å². The maximum absolute atomic E-state index is 14.0. The molecule has 0 saturated carbocycles. The summed E-state index contributed by atoms with van der Waals surface area (Å²) in [5, 5.41) is 23.3. The summed E-state index contributed by atoms with van der Waals surface area (Å²) in [6.45, 7) is 8.50. The van der Waals surface area contributed by atoms with Crippen LogP contribution in [-0.4, -0.2) is 49.6 Å². The van der Waals surface area contributed by atoms with Crippen LogP contribution in [0.3, 0.4) is 0 Å². The molecule has 1 amide bonds. The number of imidazole rings is 1. The van der Waals surface area contributed by atoms with E-state index in [1.807, 2.05) is 68.6 Å². The van der Waals surface area contributed by atoms with Crippen molar-refractivity contribution in [1.82, 2.24) is 19.6 Å². The van der Waals surface area contributed by atoms with Crippen molar-refractivity contribution in [3.05, 3.63) is 113 Å². The number of anilines is 1. The number of benzene rings is 3. The van der Waals surface area contributed by atoms with E-state index in [9.17, 15) is 14.7 Å². The van der Waals surface area contributed by atoms with Gasteiger partial charge < -0.3 is 19.0 Å². The lowest BCUT2D eigenvalue weighted by molar-refractivity contribution is -0.132. The van der Waals surface area contributed by atoms with Crippen LogP contribution in [0.25, 0.3) is 22.2 Å². The Hall–Kier alpha value is -5.20. The van der Waals surface area contributed by atoms with Gasteiger partial charge in [-0.2, -0.15) is 0 Å². The molecule has 1 fully saturated rings. The van der Waals surface area contributed by atoms with Crippen molar-refractivity contribution in [2.24, 2.45) is 0 Å². The maximum Gasteiger partial charge on any atom is 0.301 e. The molecule has 4 heterocycles. The number of rotatable bonds is 11.